The molecular weight excluding hydrogens is 177 g/mol. The molecule has 0 saturated heterocycles. The second-order valence-electron chi connectivity index (χ2n) is 2.63. The van der Waals surface area contributed by atoms with Crippen molar-refractivity contribution in [3.8, 4) is 0 Å². The van der Waals surface area contributed by atoms with Gasteiger partial charge in [-0.3, -0.25) is 0 Å². The van der Waals surface area contributed by atoms with E-state index in [9.17, 15) is 13.0 Å². The van der Waals surface area contributed by atoms with Gasteiger partial charge in [0.05, 0.1) is 15.4 Å². The SMILES string of the molecule is N[C@@H]1CCC[C@H]1S(=O)(=O)[O-].[Na+]. The Labute approximate surface area is 88.6 Å². The number of hydrogen-bond acceptors (Lipinski definition) is 4. The van der Waals surface area contributed by atoms with Crippen molar-refractivity contribution in [2.24, 2.45) is 5.73 Å². The molecule has 0 aromatic heterocycles. The molecule has 60 valence electrons. The van der Waals surface area contributed by atoms with Gasteiger partial charge in [0.1, 0.15) is 0 Å². The second kappa shape index (κ2) is 4.20. The maximum Gasteiger partial charge on any atom is 1.00 e. The van der Waals surface area contributed by atoms with Crippen LogP contribution in [0.4, 0.5) is 0 Å². The van der Waals surface area contributed by atoms with Crippen LogP contribution in [-0.2, 0) is 10.1 Å². The molecule has 0 amide bonds. The fraction of sp³-hybridized carbons (Fsp3) is 1.00. The molecule has 11 heavy (non-hydrogen) atoms. The summed E-state index contributed by atoms with van der Waals surface area (Å²) >= 11 is 0. The molecule has 0 unspecified atom stereocenters. The van der Waals surface area contributed by atoms with Crippen LogP contribution in [0.2, 0.25) is 0 Å². The van der Waals surface area contributed by atoms with Crippen molar-refractivity contribution in [1.82, 2.24) is 0 Å². The second-order valence-corrected chi connectivity index (χ2v) is 4.22. The van der Waals surface area contributed by atoms with Crippen molar-refractivity contribution >= 4 is 10.1 Å². The van der Waals surface area contributed by atoms with Gasteiger partial charge < -0.3 is 10.3 Å². The van der Waals surface area contributed by atoms with Gasteiger partial charge in [-0.15, -0.1) is 0 Å². The number of nitrogens with two attached hydrogens (primary N) is 1. The van der Waals surface area contributed by atoms with Crippen LogP contribution in [0.1, 0.15) is 19.3 Å². The third-order valence-corrected chi connectivity index (χ3v) is 3.20. The van der Waals surface area contributed by atoms with Crippen LogP contribution in [0.5, 0.6) is 0 Å². The molecule has 2 atom stereocenters. The average molecular weight is 187 g/mol. The number of hydrogen-bond donors (Lipinski definition) is 1. The van der Waals surface area contributed by atoms with E-state index in [4.69, 9.17) is 5.73 Å². The van der Waals surface area contributed by atoms with Crippen LogP contribution >= 0.6 is 0 Å². The molecule has 1 fully saturated rings. The molecule has 1 aliphatic rings. The minimum absolute atomic E-state index is 0. The predicted molar refractivity (Wildman–Crippen MR) is 35.3 cm³/mol. The van der Waals surface area contributed by atoms with Gasteiger partial charge in [0, 0.05) is 6.04 Å². The first-order valence-electron chi connectivity index (χ1n) is 3.22. The first-order valence-corrected chi connectivity index (χ1v) is 4.69. The quantitative estimate of drug-likeness (QED) is 0.340. The van der Waals surface area contributed by atoms with Crippen molar-refractivity contribution < 1.29 is 42.5 Å². The van der Waals surface area contributed by atoms with Crippen molar-refractivity contribution in [3.05, 3.63) is 0 Å². The molecule has 0 spiro atoms. The average Bonchev–Trinajstić information content (AvgIpc) is 2.11. The Hall–Kier alpha value is 0.870. The Balaban J connectivity index is 0.000001000. The third-order valence-electron chi connectivity index (χ3n) is 1.87. The molecule has 4 nitrogen and oxygen atoms in total. The van der Waals surface area contributed by atoms with Gasteiger partial charge in [-0.2, -0.15) is 0 Å². The summed E-state index contributed by atoms with van der Waals surface area (Å²) in [6.45, 7) is 0. The van der Waals surface area contributed by atoms with E-state index in [1.54, 1.807) is 0 Å². The van der Waals surface area contributed by atoms with Gasteiger partial charge in [-0.05, 0) is 12.8 Å². The summed E-state index contributed by atoms with van der Waals surface area (Å²) in [5.41, 5.74) is 5.39. The van der Waals surface area contributed by atoms with E-state index in [2.05, 4.69) is 0 Å². The van der Waals surface area contributed by atoms with Gasteiger partial charge in [0.15, 0.2) is 0 Å². The smallest absolute Gasteiger partial charge is 0.748 e. The monoisotopic (exact) mass is 187 g/mol. The first kappa shape index (κ1) is 11.9. The third kappa shape index (κ3) is 3.01. The Morgan fingerprint density at radius 1 is 1.36 bits per heavy atom. The topological polar surface area (TPSA) is 83.2 Å². The van der Waals surface area contributed by atoms with Crippen LogP contribution < -0.4 is 35.3 Å². The van der Waals surface area contributed by atoms with E-state index in [-0.39, 0.29) is 29.6 Å². The summed E-state index contributed by atoms with van der Waals surface area (Å²) in [7, 11) is -4.13. The summed E-state index contributed by atoms with van der Waals surface area (Å²) in [5, 5.41) is -0.826. The molecule has 0 aromatic carbocycles. The fourth-order valence-corrected chi connectivity index (χ4v) is 2.33. The summed E-state index contributed by atoms with van der Waals surface area (Å²) in [6, 6.07) is -0.428. The van der Waals surface area contributed by atoms with E-state index < -0.39 is 21.4 Å². The summed E-state index contributed by atoms with van der Waals surface area (Å²) < 4.78 is 31.2. The zero-order valence-electron chi connectivity index (χ0n) is 6.49. The van der Waals surface area contributed by atoms with Gasteiger partial charge in [0.25, 0.3) is 0 Å². The van der Waals surface area contributed by atoms with E-state index in [1.807, 2.05) is 0 Å². The van der Waals surface area contributed by atoms with Gasteiger partial charge >= 0.3 is 29.6 Å². The Kier molecular flexibility index (Phi) is 4.54. The van der Waals surface area contributed by atoms with E-state index in [1.165, 1.54) is 0 Å². The van der Waals surface area contributed by atoms with Crippen LogP contribution in [0.25, 0.3) is 0 Å². The van der Waals surface area contributed by atoms with Crippen LogP contribution in [0, 0.1) is 0 Å². The van der Waals surface area contributed by atoms with E-state index in [0.29, 0.717) is 12.8 Å². The molecule has 2 N–H and O–H groups in total. The zero-order valence-corrected chi connectivity index (χ0v) is 9.30. The van der Waals surface area contributed by atoms with Crippen molar-refractivity contribution in [2.45, 2.75) is 30.6 Å². The molecule has 0 bridgehead atoms. The summed E-state index contributed by atoms with van der Waals surface area (Å²) in [6.07, 6.45) is 1.85. The fourth-order valence-electron chi connectivity index (χ4n) is 1.31. The van der Waals surface area contributed by atoms with E-state index >= 15 is 0 Å². The molecule has 0 heterocycles. The molecular formula is C5H10NNaO3S. The van der Waals surface area contributed by atoms with Gasteiger partial charge in [-0.25, -0.2) is 8.42 Å². The minimum atomic E-state index is -4.13. The number of rotatable bonds is 1. The molecule has 6 heteroatoms. The molecule has 1 aliphatic carbocycles. The molecule has 0 radical (unpaired) electrons. The molecule has 0 aliphatic heterocycles. The molecule has 1 saturated carbocycles. The van der Waals surface area contributed by atoms with Crippen molar-refractivity contribution in [1.29, 1.82) is 0 Å². The van der Waals surface area contributed by atoms with Crippen LogP contribution in [0.3, 0.4) is 0 Å². The van der Waals surface area contributed by atoms with Crippen LogP contribution in [-0.4, -0.2) is 24.3 Å². The standard InChI is InChI=1S/C5H11NO3S.Na/c6-4-2-1-3-5(4)10(7,8)9;/h4-5H,1-3,6H2,(H,7,8,9);/q;+1/p-1/t4-,5-;/m1./s1. The van der Waals surface area contributed by atoms with Crippen LogP contribution in [0.15, 0.2) is 0 Å². The maximum atomic E-state index is 10.4. The normalized spacial score (nSPS) is 31.5. The van der Waals surface area contributed by atoms with Gasteiger partial charge in [0.2, 0.25) is 0 Å². The molecule has 1 rings (SSSR count). The Morgan fingerprint density at radius 2 is 1.91 bits per heavy atom. The minimum Gasteiger partial charge on any atom is -0.748 e. The van der Waals surface area contributed by atoms with Crippen molar-refractivity contribution in [2.75, 3.05) is 0 Å². The molecule has 0 aromatic rings. The van der Waals surface area contributed by atoms with E-state index in [0.717, 1.165) is 6.42 Å². The summed E-state index contributed by atoms with van der Waals surface area (Å²) in [5.74, 6) is 0. The Bertz CT molecular complexity index is 216. The summed E-state index contributed by atoms with van der Waals surface area (Å²) in [4.78, 5) is 0. The maximum absolute atomic E-state index is 10.4. The first-order chi connectivity index (χ1) is 4.52. The Morgan fingerprint density at radius 3 is 2.09 bits per heavy atom. The zero-order chi connectivity index (χ0) is 7.78. The largest absolute Gasteiger partial charge is 1.00 e. The van der Waals surface area contributed by atoms with Gasteiger partial charge in [-0.1, -0.05) is 6.42 Å². The van der Waals surface area contributed by atoms with Crippen molar-refractivity contribution in [3.63, 3.8) is 0 Å². The predicted octanol–water partition coefficient (Wildman–Crippen LogP) is -3.58.